The van der Waals surface area contributed by atoms with Gasteiger partial charge in [-0.05, 0) is 30.2 Å². The summed E-state index contributed by atoms with van der Waals surface area (Å²) < 4.78 is 2.25. The number of piperidine rings is 1. The van der Waals surface area contributed by atoms with Crippen LogP contribution in [0.5, 0.6) is 0 Å². The van der Waals surface area contributed by atoms with Crippen molar-refractivity contribution in [1.29, 1.82) is 0 Å². The van der Waals surface area contributed by atoms with Crippen LogP contribution in [0.15, 0.2) is 35.3 Å². The number of nitrogens with one attached hydrogen (secondary N) is 1. The van der Waals surface area contributed by atoms with Gasteiger partial charge in [0.15, 0.2) is 11.8 Å². The molecule has 1 aromatic heterocycles. The Hall–Kier alpha value is -1.64. The van der Waals surface area contributed by atoms with Crippen LogP contribution >= 0.6 is 24.0 Å². The van der Waals surface area contributed by atoms with Crippen LogP contribution in [-0.2, 0) is 19.5 Å². The van der Waals surface area contributed by atoms with E-state index in [1.165, 1.54) is 24.8 Å². The van der Waals surface area contributed by atoms with Gasteiger partial charge in [-0.1, -0.05) is 43.7 Å². The first-order valence-corrected chi connectivity index (χ1v) is 10.2. The summed E-state index contributed by atoms with van der Waals surface area (Å²) in [4.78, 5) is 6.96. The maximum absolute atomic E-state index is 4.55. The minimum atomic E-state index is 0. The van der Waals surface area contributed by atoms with Crippen molar-refractivity contribution >= 4 is 29.9 Å². The number of aromatic nitrogens is 3. The van der Waals surface area contributed by atoms with Gasteiger partial charge in [0, 0.05) is 33.1 Å². The van der Waals surface area contributed by atoms with Gasteiger partial charge in [0.2, 0.25) is 0 Å². The van der Waals surface area contributed by atoms with Gasteiger partial charge in [0.25, 0.3) is 0 Å². The number of hydrogen-bond acceptors (Lipinski definition) is 3. The van der Waals surface area contributed by atoms with Crippen molar-refractivity contribution in [2.45, 2.75) is 51.6 Å². The average Bonchev–Trinajstić information content (AvgIpc) is 3.33. The predicted molar refractivity (Wildman–Crippen MR) is 123 cm³/mol. The maximum Gasteiger partial charge on any atom is 0.194 e. The number of aliphatic imine (C=N–C) groups is 1. The molecular formula is C21H31IN6. The lowest BCUT2D eigenvalue weighted by atomic mass is 9.79. The topological polar surface area (TPSA) is 58.3 Å². The Kier molecular flexibility index (Phi) is 7.31. The van der Waals surface area contributed by atoms with Crippen LogP contribution in [0, 0.1) is 5.92 Å². The van der Waals surface area contributed by atoms with Crippen LogP contribution in [0.3, 0.4) is 0 Å². The van der Waals surface area contributed by atoms with Crippen LogP contribution in [0.4, 0.5) is 0 Å². The molecule has 1 saturated heterocycles. The fraction of sp³-hybridized carbons (Fsp3) is 0.571. The zero-order valence-electron chi connectivity index (χ0n) is 16.8. The molecule has 2 aliphatic heterocycles. The molecule has 2 aliphatic rings. The number of hydrogen-bond donors (Lipinski definition) is 1. The van der Waals surface area contributed by atoms with E-state index in [0.29, 0.717) is 18.4 Å². The molecule has 2 aromatic rings. The zero-order valence-corrected chi connectivity index (χ0v) is 19.2. The molecule has 0 amide bonds. The SMILES string of the molecule is CCC1CN(C(=NC)NCc2nnc3n2CCC3)CCC1c1ccccc1.I. The monoisotopic (exact) mass is 494 g/mol. The van der Waals surface area contributed by atoms with Gasteiger partial charge in [-0.2, -0.15) is 0 Å². The first-order chi connectivity index (χ1) is 13.3. The Balaban J connectivity index is 0.00000225. The number of nitrogens with zero attached hydrogens (tertiary/aromatic N) is 5. The minimum Gasteiger partial charge on any atom is -0.349 e. The first kappa shape index (κ1) is 21.1. The number of likely N-dealkylation sites (tertiary alicyclic amines) is 1. The quantitative estimate of drug-likeness (QED) is 0.402. The molecule has 0 aliphatic carbocycles. The molecule has 1 aromatic carbocycles. The van der Waals surface area contributed by atoms with E-state index in [-0.39, 0.29) is 24.0 Å². The van der Waals surface area contributed by atoms with Crippen LogP contribution in [0.1, 0.15) is 49.3 Å². The number of guanidine groups is 1. The van der Waals surface area contributed by atoms with Crippen LogP contribution in [-0.4, -0.2) is 45.8 Å². The fourth-order valence-corrected chi connectivity index (χ4v) is 4.61. The Labute approximate surface area is 184 Å². The highest BCUT2D eigenvalue weighted by atomic mass is 127. The van der Waals surface area contributed by atoms with Crippen molar-refractivity contribution in [3.05, 3.63) is 47.5 Å². The number of aryl methyl sites for hydroxylation is 1. The van der Waals surface area contributed by atoms with Crippen molar-refractivity contribution in [3.63, 3.8) is 0 Å². The van der Waals surface area contributed by atoms with E-state index in [9.17, 15) is 0 Å². The summed E-state index contributed by atoms with van der Waals surface area (Å²) >= 11 is 0. The normalized spacial score (nSPS) is 21.9. The molecule has 152 valence electrons. The third kappa shape index (κ3) is 4.34. The zero-order chi connectivity index (χ0) is 18.6. The van der Waals surface area contributed by atoms with Crippen LogP contribution < -0.4 is 5.32 Å². The van der Waals surface area contributed by atoms with E-state index >= 15 is 0 Å². The molecule has 7 heteroatoms. The molecule has 4 rings (SSSR count). The summed E-state index contributed by atoms with van der Waals surface area (Å²) in [6, 6.07) is 11.0. The van der Waals surface area contributed by atoms with Gasteiger partial charge >= 0.3 is 0 Å². The van der Waals surface area contributed by atoms with E-state index in [1.54, 1.807) is 0 Å². The number of fused-ring (bicyclic) bond motifs is 1. The maximum atomic E-state index is 4.55. The van der Waals surface area contributed by atoms with Gasteiger partial charge in [0.1, 0.15) is 5.82 Å². The molecule has 0 saturated carbocycles. The number of halogens is 1. The Bertz CT molecular complexity index is 787. The summed E-state index contributed by atoms with van der Waals surface area (Å²) in [5, 5.41) is 12.2. The smallest absolute Gasteiger partial charge is 0.194 e. The standard InChI is InChI=1S/C21H30N6.HI/c1-3-16-15-26(13-11-18(16)17-8-5-4-6-9-17)21(22-2)23-14-20-25-24-19-10-7-12-27(19)20;/h4-6,8-9,16,18H,3,7,10-15H2,1-2H3,(H,22,23);1H. The molecule has 0 spiro atoms. The fourth-order valence-electron chi connectivity index (χ4n) is 4.61. The molecule has 6 nitrogen and oxygen atoms in total. The third-order valence-corrected chi connectivity index (χ3v) is 6.09. The van der Waals surface area contributed by atoms with Crippen LogP contribution in [0.25, 0.3) is 0 Å². The van der Waals surface area contributed by atoms with E-state index < -0.39 is 0 Å². The Morgan fingerprint density at radius 2 is 2.04 bits per heavy atom. The lowest BCUT2D eigenvalue weighted by Crippen LogP contribution is -2.48. The average molecular weight is 494 g/mol. The molecule has 2 atom stereocenters. The molecule has 0 bridgehead atoms. The summed E-state index contributed by atoms with van der Waals surface area (Å²) in [7, 11) is 1.88. The van der Waals surface area contributed by atoms with E-state index in [0.717, 1.165) is 43.7 Å². The second-order valence-electron chi connectivity index (χ2n) is 7.61. The van der Waals surface area contributed by atoms with Crippen molar-refractivity contribution < 1.29 is 0 Å². The minimum absolute atomic E-state index is 0. The number of benzene rings is 1. The Morgan fingerprint density at radius 1 is 1.21 bits per heavy atom. The lowest BCUT2D eigenvalue weighted by molar-refractivity contribution is 0.215. The second-order valence-corrected chi connectivity index (χ2v) is 7.61. The molecule has 1 N–H and O–H groups in total. The second kappa shape index (κ2) is 9.71. The molecule has 28 heavy (non-hydrogen) atoms. The van der Waals surface area contributed by atoms with Gasteiger partial charge in [-0.25, -0.2) is 0 Å². The van der Waals surface area contributed by atoms with Crippen molar-refractivity contribution in [2.75, 3.05) is 20.1 Å². The van der Waals surface area contributed by atoms with E-state index in [1.807, 2.05) is 7.05 Å². The molecule has 1 fully saturated rings. The molecule has 0 radical (unpaired) electrons. The van der Waals surface area contributed by atoms with Gasteiger partial charge in [-0.15, -0.1) is 34.2 Å². The lowest BCUT2D eigenvalue weighted by Gasteiger charge is -2.40. The van der Waals surface area contributed by atoms with Crippen molar-refractivity contribution in [3.8, 4) is 0 Å². The summed E-state index contributed by atoms with van der Waals surface area (Å²) in [5.74, 6) is 4.42. The molecule has 2 unspecified atom stereocenters. The van der Waals surface area contributed by atoms with E-state index in [2.05, 4.69) is 67.2 Å². The Morgan fingerprint density at radius 3 is 2.79 bits per heavy atom. The largest absolute Gasteiger partial charge is 0.349 e. The molecule has 3 heterocycles. The number of rotatable bonds is 4. The summed E-state index contributed by atoms with van der Waals surface area (Å²) in [5.41, 5.74) is 1.48. The van der Waals surface area contributed by atoms with Crippen molar-refractivity contribution in [1.82, 2.24) is 25.0 Å². The highest BCUT2D eigenvalue weighted by molar-refractivity contribution is 14.0. The van der Waals surface area contributed by atoms with Gasteiger partial charge in [0.05, 0.1) is 6.54 Å². The summed E-state index contributed by atoms with van der Waals surface area (Å²) in [6.07, 6.45) is 4.58. The van der Waals surface area contributed by atoms with Crippen LogP contribution in [0.2, 0.25) is 0 Å². The highest BCUT2D eigenvalue weighted by Gasteiger charge is 2.30. The van der Waals surface area contributed by atoms with Gasteiger partial charge < -0.3 is 14.8 Å². The van der Waals surface area contributed by atoms with Crippen molar-refractivity contribution in [2.24, 2.45) is 10.9 Å². The van der Waals surface area contributed by atoms with Gasteiger partial charge in [-0.3, -0.25) is 4.99 Å². The predicted octanol–water partition coefficient (Wildman–Crippen LogP) is 3.43. The highest BCUT2D eigenvalue weighted by Crippen LogP contribution is 2.34. The summed E-state index contributed by atoms with van der Waals surface area (Å²) in [6.45, 7) is 6.12. The molecular weight excluding hydrogens is 463 g/mol. The third-order valence-electron chi connectivity index (χ3n) is 6.09. The van der Waals surface area contributed by atoms with E-state index in [4.69, 9.17) is 0 Å². The first-order valence-electron chi connectivity index (χ1n) is 10.2.